The van der Waals surface area contributed by atoms with Gasteiger partial charge in [-0.3, -0.25) is 4.79 Å². The van der Waals surface area contributed by atoms with Gasteiger partial charge >= 0.3 is 11.9 Å². The van der Waals surface area contributed by atoms with Gasteiger partial charge in [0.25, 0.3) is 0 Å². The molecule has 2 rings (SSSR count). The Kier molecular flexibility index (Phi) is 7.11. The van der Waals surface area contributed by atoms with E-state index < -0.39 is 11.9 Å². The molecule has 0 radical (unpaired) electrons. The predicted molar refractivity (Wildman–Crippen MR) is 102 cm³/mol. The van der Waals surface area contributed by atoms with Crippen molar-refractivity contribution in [1.82, 2.24) is 0 Å². The van der Waals surface area contributed by atoms with Crippen LogP contribution < -0.4 is 5.32 Å². The Morgan fingerprint density at radius 3 is 1.96 bits per heavy atom. The highest BCUT2D eigenvalue weighted by atomic mass is 16.5. The van der Waals surface area contributed by atoms with Gasteiger partial charge in [-0.2, -0.15) is 0 Å². The maximum Gasteiger partial charge on any atom is 0.337 e. The Bertz CT molecular complexity index is 782. The minimum atomic E-state index is -0.607. The van der Waals surface area contributed by atoms with Crippen molar-refractivity contribution in [2.24, 2.45) is 0 Å². The summed E-state index contributed by atoms with van der Waals surface area (Å²) in [5, 5.41) is 2.81. The fraction of sp³-hybridized carbons (Fsp3) is 0.286. The number of nitrogens with one attached hydrogen (secondary N) is 1. The summed E-state index contributed by atoms with van der Waals surface area (Å²) < 4.78 is 9.43. The highest BCUT2D eigenvalue weighted by Crippen LogP contribution is 2.24. The molecule has 0 aliphatic heterocycles. The Hall–Kier alpha value is -3.15. The first-order chi connectivity index (χ1) is 13.0. The Morgan fingerprint density at radius 2 is 1.48 bits per heavy atom. The number of benzene rings is 2. The molecule has 2 aromatic carbocycles. The summed E-state index contributed by atoms with van der Waals surface area (Å²) in [4.78, 5) is 36.6. The van der Waals surface area contributed by atoms with Gasteiger partial charge in [0.1, 0.15) is 0 Å². The van der Waals surface area contributed by atoms with E-state index in [-0.39, 0.29) is 23.0 Å². The molecule has 0 heterocycles. The molecule has 0 aromatic heterocycles. The van der Waals surface area contributed by atoms with Crippen LogP contribution in [-0.2, 0) is 14.3 Å². The minimum absolute atomic E-state index is 0.155. The Morgan fingerprint density at radius 1 is 0.926 bits per heavy atom. The van der Waals surface area contributed by atoms with Gasteiger partial charge < -0.3 is 14.8 Å². The van der Waals surface area contributed by atoms with Crippen molar-refractivity contribution in [3.8, 4) is 0 Å². The fourth-order valence-corrected chi connectivity index (χ4v) is 2.82. The third kappa shape index (κ3) is 5.17. The van der Waals surface area contributed by atoms with Crippen LogP contribution in [0.3, 0.4) is 0 Å². The third-order valence-electron chi connectivity index (χ3n) is 4.14. The average molecular weight is 369 g/mol. The first-order valence-corrected chi connectivity index (χ1v) is 8.67. The van der Waals surface area contributed by atoms with Gasteiger partial charge in [-0.1, -0.05) is 43.7 Å². The molecule has 0 unspecified atom stereocenters. The summed E-state index contributed by atoms with van der Waals surface area (Å²) in [6.45, 7) is 2.01. The molecule has 0 aliphatic rings. The lowest BCUT2D eigenvalue weighted by Crippen LogP contribution is -2.21. The van der Waals surface area contributed by atoms with Gasteiger partial charge in [-0.15, -0.1) is 0 Å². The lowest BCUT2D eigenvalue weighted by Gasteiger charge is -2.17. The number of esters is 2. The van der Waals surface area contributed by atoms with Crippen molar-refractivity contribution in [2.75, 3.05) is 19.5 Å². The molecule has 0 saturated heterocycles. The summed E-state index contributed by atoms with van der Waals surface area (Å²) in [5.41, 5.74) is 1.56. The molecule has 0 fully saturated rings. The van der Waals surface area contributed by atoms with E-state index in [0.717, 1.165) is 12.0 Å². The zero-order chi connectivity index (χ0) is 19.8. The molecule has 1 N–H and O–H groups in total. The van der Waals surface area contributed by atoms with E-state index in [1.807, 2.05) is 37.3 Å². The van der Waals surface area contributed by atoms with Crippen LogP contribution in [0, 0.1) is 0 Å². The molecule has 0 bridgehead atoms. The van der Waals surface area contributed by atoms with E-state index in [0.29, 0.717) is 12.1 Å². The molecular weight excluding hydrogens is 346 g/mol. The van der Waals surface area contributed by atoms with Crippen LogP contribution >= 0.6 is 0 Å². The zero-order valence-electron chi connectivity index (χ0n) is 15.7. The second-order valence-corrected chi connectivity index (χ2v) is 6.02. The molecule has 0 aliphatic carbocycles. The second kappa shape index (κ2) is 9.52. The lowest BCUT2D eigenvalue weighted by molar-refractivity contribution is -0.117. The van der Waals surface area contributed by atoms with Crippen LogP contribution in [0.4, 0.5) is 5.69 Å². The summed E-state index contributed by atoms with van der Waals surface area (Å²) in [7, 11) is 2.50. The van der Waals surface area contributed by atoms with E-state index in [4.69, 9.17) is 9.47 Å². The molecule has 1 amide bonds. The summed E-state index contributed by atoms with van der Waals surface area (Å²) in [5.74, 6) is -1.76. The van der Waals surface area contributed by atoms with Crippen molar-refractivity contribution in [3.05, 3.63) is 65.2 Å². The zero-order valence-corrected chi connectivity index (χ0v) is 15.7. The molecule has 0 saturated carbocycles. The SMILES string of the molecule is CCC[C@@H](C(=O)Nc1cc(C(=O)OC)cc(C(=O)OC)c1)c1ccccc1. The van der Waals surface area contributed by atoms with Crippen molar-refractivity contribution in [1.29, 1.82) is 0 Å². The van der Waals surface area contributed by atoms with Gasteiger partial charge in [0.15, 0.2) is 0 Å². The van der Waals surface area contributed by atoms with Crippen LogP contribution in [0.15, 0.2) is 48.5 Å². The fourth-order valence-electron chi connectivity index (χ4n) is 2.82. The monoisotopic (exact) mass is 369 g/mol. The van der Waals surface area contributed by atoms with Crippen LogP contribution in [0.2, 0.25) is 0 Å². The van der Waals surface area contributed by atoms with E-state index in [9.17, 15) is 14.4 Å². The number of ether oxygens (including phenoxy) is 2. The van der Waals surface area contributed by atoms with Gasteiger partial charge in [-0.05, 0) is 30.2 Å². The first-order valence-electron chi connectivity index (χ1n) is 8.67. The molecule has 1 atom stereocenters. The highest BCUT2D eigenvalue weighted by Gasteiger charge is 2.21. The van der Waals surface area contributed by atoms with Crippen molar-refractivity contribution in [3.63, 3.8) is 0 Å². The number of anilines is 1. The molecule has 6 heteroatoms. The number of hydrogen-bond donors (Lipinski definition) is 1. The van der Waals surface area contributed by atoms with Gasteiger partial charge in [-0.25, -0.2) is 9.59 Å². The van der Waals surface area contributed by atoms with Crippen LogP contribution in [0.25, 0.3) is 0 Å². The second-order valence-electron chi connectivity index (χ2n) is 6.02. The largest absolute Gasteiger partial charge is 0.465 e. The Labute approximate surface area is 158 Å². The maximum absolute atomic E-state index is 12.9. The number of methoxy groups -OCH3 is 2. The first kappa shape index (κ1) is 20.2. The molecule has 6 nitrogen and oxygen atoms in total. The normalized spacial score (nSPS) is 11.4. The average Bonchev–Trinajstić information content (AvgIpc) is 2.70. The molecule has 0 spiro atoms. The van der Waals surface area contributed by atoms with Crippen molar-refractivity contribution < 1.29 is 23.9 Å². The summed E-state index contributed by atoms with van der Waals surface area (Å²) in [6, 6.07) is 13.8. The smallest absolute Gasteiger partial charge is 0.337 e. The van der Waals surface area contributed by atoms with E-state index >= 15 is 0 Å². The highest BCUT2D eigenvalue weighted by molar-refractivity contribution is 6.01. The maximum atomic E-state index is 12.9. The predicted octanol–water partition coefficient (Wildman–Crippen LogP) is 3.78. The Balaban J connectivity index is 2.34. The lowest BCUT2D eigenvalue weighted by atomic mass is 9.93. The topological polar surface area (TPSA) is 81.7 Å². The van der Waals surface area contributed by atoms with Gasteiger partial charge in [0.2, 0.25) is 5.91 Å². The van der Waals surface area contributed by atoms with Gasteiger partial charge in [0, 0.05) is 5.69 Å². The molecule has 2 aromatic rings. The minimum Gasteiger partial charge on any atom is -0.465 e. The van der Waals surface area contributed by atoms with Crippen LogP contribution in [0.1, 0.15) is 52.0 Å². The van der Waals surface area contributed by atoms with Crippen molar-refractivity contribution >= 4 is 23.5 Å². The summed E-state index contributed by atoms with van der Waals surface area (Å²) >= 11 is 0. The number of amides is 1. The number of rotatable bonds is 7. The number of carbonyl (C=O) groups is 3. The van der Waals surface area contributed by atoms with Crippen LogP contribution in [0.5, 0.6) is 0 Å². The number of hydrogen-bond acceptors (Lipinski definition) is 5. The summed E-state index contributed by atoms with van der Waals surface area (Å²) in [6.07, 6.45) is 1.51. The standard InChI is InChI=1S/C21H23NO5/c1-4-8-18(14-9-6-5-7-10-14)19(23)22-17-12-15(20(24)26-2)11-16(13-17)21(25)27-3/h5-7,9-13,18H,4,8H2,1-3H3,(H,22,23)/t18-/m1/s1. The van der Waals surface area contributed by atoms with Crippen LogP contribution in [-0.4, -0.2) is 32.1 Å². The molecule has 142 valence electrons. The van der Waals surface area contributed by atoms with E-state index in [1.54, 1.807) is 0 Å². The molecular formula is C21H23NO5. The quantitative estimate of drug-likeness (QED) is 0.751. The van der Waals surface area contributed by atoms with E-state index in [1.165, 1.54) is 32.4 Å². The van der Waals surface area contributed by atoms with Gasteiger partial charge in [0.05, 0.1) is 31.3 Å². The molecule has 27 heavy (non-hydrogen) atoms. The third-order valence-corrected chi connectivity index (χ3v) is 4.14. The number of carbonyl (C=O) groups excluding carboxylic acids is 3. The van der Waals surface area contributed by atoms with Crippen molar-refractivity contribution in [2.45, 2.75) is 25.7 Å². The van der Waals surface area contributed by atoms with E-state index in [2.05, 4.69) is 5.32 Å².